The van der Waals surface area contributed by atoms with Gasteiger partial charge in [-0.05, 0) is 52.1 Å². The van der Waals surface area contributed by atoms with Gasteiger partial charge in [-0.2, -0.15) is 0 Å². The maximum Gasteiger partial charge on any atom is 0.152 e. The summed E-state index contributed by atoms with van der Waals surface area (Å²) in [6.07, 6.45) is 3.75. The van der Waals surface area contributed by atoms with Crippen molar-refractivity contribution in [2.24, 2.45) is 0 Å². The normalized spacial score (nSPS) is 14.6. The third-order valence-corrected chi connectivity index (χ3v) is 6.36. The summed E-state index contributed by atoms with van der Waals surface area (Å²) in [4.78, 5) is 0.790. The minimum Gasteiger partial charge on any atom is -0.612 e. The molecule has 0 aromatic heterocycles. The van der Waals surface area contributed by atoms with Crippen LogP contribution in [0.2, 0.25) is 10.0 Å². The SMILES string of the molecule is C[S+]([O-])c1ccc([CH]C(c2ccc(Cl)cc2Cl)C(Cl)c2ccccc2)cc1. The summed E-state index contributed by atoms with van der Waals surface area (Å²) in [6, 6.07) is 23.0. The first-order chi connectivity index (χ1) is 13.0. The number of hydrogen-bond donors (Lipinski definition) is 0. The quantitative estimate of drug-likeness (QED) is 0.300. The van der Waals surface area contributed by atoms with Crippen LogP contribution in [0.25, 0.3) is 0 Å². The maximum atomic E-state index is 11.6. The number of rotatable bonds is 6. The number of hydrogen-bond acceptors (Lipinski definition) is 1. The molecule has 3 atom stereocenters. The highest BCUT2D eigenvalue weighted by Gasteiger charge is 2.26. The molecule has 0 fully saturated rings. The third kappa shape index (κ3) is 5.22. The van der Waals surface area contributed by atoms with E-state index in [1.807, 2.05) is 66.7 Å². The summed E-state index contributed by atoms with van der Waals surface area (Å²) in [6.45, 7) is 0. The Hall–Kier alpha value is -1.16. The summed E-state index contributed by atoms with van der Waals surface area (Å²) in [7, 11) is 0. The van der Waals surface area contributed by atoms with Crippen LogP contribution in [-0.4, -0.2) is 10.8 Å². The van der Waals surface area contributed by atoms with Gasteiger partial charge in [0, 0.05) is 22.4 Å². The van der Waals surface area contributed by atoms with Crippen LogP contribution in [0.1, 0.15) is 28.0 Å². The smallest absolute Gasteiger partial charge is 0.152 e. The Morgan fingerprint density at radius 2 is 1.59 bits per heavy atom. The molecule has 3 aromatic rings. The van der Waals surface area contributed by atoms with E-state index in [0.717, 1.165) is 21.6 Å². The van der Waals surface area contributed by atoms with Crippen molar-refractivity contribution in [3.05, 3.63) is 106 Å². The van der Waals surface area contributed by atoms with Gasteiger partial charge in [0.15, 0.2) is 4.90 Å². The molecule has 3 rings (SSSR count). The zero-order valence-electron chi connectivity index (χ0n) is 14.6. The van der Waals surface area contributed by atoms with Crippen LogP contribution >= 0.6 is 34.8 Å². The van der Waals surface area contributed by atoms with E-state index in [9.17, 15) is 4.55 Å². The fourth-order valence-corrected chi connectivity index (χ4v) is 4.33. The zero-order chi connectivity index (χ0) is 19.4. The second kappa shape index (κ2) is 9.36. The van der Waals surface area contributed by atoms with Crippen molar-refractivity contribution in [1.82, 2.24) is 0 Å². The molecule has 0 heterocycles. The summed E-state index contributed by atoms with van der Waals surface area (Å²) < 4.78 is 11.6. The summed E-state index contributed by atoms with van der Waals surface area (Å²) in [5, 5.41) is 0.865. The number of benzene rings is 3. The highest BCUT2D eigenvalue weighted by Crippen LogP contribution is 2.43. The van der Waals surface area contributed by atoms with E-state index in [1.54, 1.807) is 12.3 Å². The van der Waals surface area contributed by atoms with Crippen molar-refractivity contribution in [2.75, 3.05) is 6.26 Å². The van der Waals surface area contributed by atoms with Crippen LogP contribution < -0.4 is 0 Å². The lowest BCUT2D eigenvalue weighted by atomic mass is 9.86. The van der Waals surface area contributed by atoms with Gasteiger partial charge in [-0.3, -0.25) is 0 Å². The molecule has 0 bridgehead atoms. The van der Waals surface area contributed by atoms with Crippen molar-refractivity contribution in [2.45, 2.75) is 16.2 Å². The molecule has 0 N–H and O–H groups in total. The average molecular weight is 437 g/mol. The molecule has 0 aliphatic rings. The van der Waals surface area contributed by atoms with Gasteiger partial charge in [0.25, 0.3) is 0 Å². The molecule has 3 unspecified atom stereocenters. The zero-order valence-corrected chi connectivity index (χ0v) is 17.7. The van der Waals surface area contributed by atoms with Crippen molar-refractivity contribution < 1.29 is 4.55 Å². The molecule has 0 saturated heterocycles. The van der Waals surface area contributed by atoms with Crippen LogP contribution in [-0.2, 0) is 11.2 Å². The van der Waals surface area contributed by atoms with Crippen LogP contribution in [0, 0.1) is 6.42 Å². The summed E-state index contributed by atoms with van der Waals surface area (Å²) in [5.41, 5.74) is 2.91. The first-order valence-corrected chi connectivity index (χ1v) is 11.1. The first kappa shape index (κ1) is 20.6. The maximum absolute atomic E-state index is 11.6. The van der Waals surface area contributed by atoms with Crippen LogP contribution in [0.5, 0.6) is 0 Å². The lowest BCUT2D eigenvalue weighted by Crippen LogP contribution is -2.09. The molecule has 139 valence electrons. The lowest BCUT2D eigenvalue weighted by Gasteiger charge is -2.24. The number of alkyl halides is 1. The molecule has 0 aliphatic heterocycles. The molecule has 27 heavy (non-hydrogen) atoms. The van der Waals surface area contributed by atoms with Gasteiger partial charge in [0.05, 0.1) is 5.38 Å². The van der Waals surface area contributed by atoms with Crippen molar-refractivity contribution in [1.29, 1.82) is 0 Å². The Kier molecular flexibility index (Phi) is 7.13. The van der Waals surface area contributed by atoms with Gasteiger partial charge in [-0.1, -0.05) is 71.7 Å². The molecule has 1 nitrogen and oxygen atoms in total. The van der Waals surface area contributed by atoms with E-state index in [1.165, 1.54) is 0 Å². The van der Waals surface area contributed by atoms with E-state index in [0.29, 0.717) is 10.0 Å². The number of halogens is 3. The monoisotopic (exact) mass is 435 g/mol. The molecule has 1 radical (unpaired) electrons. The molecule has 0 amide bonds. The van der Waals surface area contributed by atoms with Crippen molar-refractivity contribution in [3.8, 4) is 0 Å². The van der Waals surface area contributed by atoms with Gasteiger partial charge in [0.1, 0.15) is 6.26 Å². The van der Waals surface area contributed by atoms with Gasteiger partial charge < -0.3 is 4.55 Å². The molecule has 0 spiro atoms. The Balaban J connectivity index is 1.96. The second-order valence-corrected chi connectivity index (χ2v) is 8.89. The van der Waals surface area contributed by atoms with Gasteiger partial charge >= 0.3 is 0 Å². The highest BCUT2D eigenvalue weighted by molar-refractivity contribution is 7.90. The van der Waals surface area contributed by atoms with Crippen LogP contribution in [0.15, 0.2) is 77.7 Å². The molecule has 3 aromatic carbocycles. The molecule has 0 saturated carbocycles. The van der Waals surface area contributed by atoms with Gasteiger partial charge in [-0.25, -0.2) is 0 Å². The Morgan fingerprint density at radius 1 is 0.926 bits per heavy atom. The highest BCUT2D eigenvalue weighted by atomic mass is 35.5. The average Bonchev–Trinajstić information content (AvgIpc) is 2.67. The van der Waals surface area contributed by atoms with Crippen LogP contribution in [0.3, 0.4) is 0 Å². The predicted octanol–water partition coefficient (Wildman–Crippen LogP) is 7.05. The standard InChI is InChI=1S/C22H18Cl3OS/c1-27(26)18-10-7-15(8-11-18)13-20(19-12-9-17(23)14-21(19)24)22(25)16-5-3-2-4-6-16/h2-14,20,22H,1H3. The van der Waals surface area contributed by atoms with Crippen LogP contribution in [0.4, 0.5) is 0 Å². The van der Waals surface area contributed by atoms with E-state index in [4.69, 9.17) is 34.8 Å². The molecule has 5 heteroatoms. The summed E-state index contributed by atoms with van der Waals surface area (Å²) in [5.74, 6) is -0.156. The Morgan fingerprint density at radius 3 is 2.19 bits per heavy atom. The first-order valence-electron chi connectivity index (χ1n) is 8.38. The van der Waals surface area contributed by atoms with Crippen molar-refractivity contribution >= 4 is 46.0 Å². The Labute approximate surface area is 178 Å². The fourth-order valence-electron chi connectivity index (χ4n) is 2.93. The largest absolute Gasteiger partial charge is 0.612 e. The lowest BCUT2D eigenvalue weighted by molar-refractivity contribution is 0.601. The molecular weight excluding hydrogens is 419 g/mol. The third-order valence-electron chi connectivity index (χ3n) is 4.34. The van der Waals surface area contributed by atoms with E-state index in [-0.39, 0.29) is 11.3 Å². The van der Waals surface area contributed by atoms with Gasteiger partial charge in [0.2, 0.25) is 0 Å². The van der Waals surface area contributed by atoms with Crippen molar-refractivity contribution in [3.63, 3.8) is 0 Å². The Bertz CT molecular complexity index is 882. The fraction of sp³-hybridized carbons (Fsp3) is 0.136. The van der Waals surface area contributed by atoms with E-state index < -0.39 is 11.2 Å². The van der Waals surface area contributed by atoms with E-state index in [2.05, 4.69) is 6.42 Å². The molecular formula is C22H18Cl3OS. The van der Waals surface area contributed by atoms with Gasteiger partial charge in [-0.15, -0.1) is 11.6 Å². The summed E-state index contributed by atoms with van der Waals surface area (Å²) >= 11 is 18.4. The second-order valence-electron chi connectivity index (χ2n) is 6.19. The van der Waals surface area contributed by atoms with E-state index >= 15 is 0 Å². The predicted molar refractivity (Wildman–Crippen MR) is 116 cm³/mol. The molecule has 0 aliphatic carbocycles. The minimum absolute atomic E-state index is 0.156. The topological polar surface area (TPSA) is 23.1 Å². The minimum atomic E-state index is -1.01.